The van der Waals surface area contributed by atoms with Gasteiger partial charge in [0.15, 0.2) is 5.75 Å². The lowest BCUT2D eigenvalue weighted by molar-refractivity contribution is -0.138. The number of carboxylic acids is 1. The molecule has 0 aliphatic heterocycles. The molecule has 0 saturated heterocycles. The fraction of sp³-hybridized carbons (Fsp3) is 0.278. The maximum Gasteiger partial charge on any atom is 0.310 e. The molecule has 24 heavy (non-hydrogen) atoms. The Morgan fingerprint density at radius 1 is 1.25 bits per heavy atom. The van der Waals surface area contributed by atoms with Gasteiger partial charge in [0.2, 0.25) is 0 Å². The normalized spacial score (nSPS) is 11.8. The molecule has 0 fully saturated rings. The molecule has 2 aromatic carbocycles. The smallest absolute Gasteiger partial charge is 0.310 e. The maximum absolute atomic E-state index is 11.1. The predicted octanol–water partition coefficient (Wildman–Crippen LogP) is 5.19. The second kappa shape index (κ2) is 8.27. The highest BCUT2D eigenvalue weighted by Crippen LogP contribution is 2.36. The molecular weight excluding hydrogens is 349 g/mol. The van der Waals surface area contributed by atoms with E-state index >= 15 is 0 Å². The van der Waals surface area contributed by atoms with Gasteiger partial charge in [-0.05, 0) is 49.2 Å². The number of rotatable bonds is 7. The van der Waals surface area contributed by atoms with Crippen molar-refractivity contribution >= 4 is 34.9 Å². The van der Waals surface area contributed by atoms with Crippen LogP contribution in [0.4, 0.5) is 5.69 Å². The van der Waals surface area contributed by atoms with Crippen molar-refractivity contribution < 1.29 is 14.6 Å². The van der Waals surface area contributed by atoms with Crippen molar-refractivity contribution in [3.05, 3.63) is 57.6 Å². The number of benzene rings is 2. The average molecular weight is 368 g/mol. The third-order valence-corrected chi connectivity index (χ3v) is 4.14. The molecule has 2 N–H and O–H groups in total. The van der Waals surface area contributed by atoms with E-state index in [1.54, 1.807) is 19.1 Å². The second-order valence-electron chi connectivity index (χ2n) is 5.39. The van der Waals surface area contributed by atoms with E-state index in [9.17, 15) is 4.79 Å². The molecule has 0 aromatic heterocycles. The van der Waals surface area contributed by atoms with Gasteiger partial charge in [0, 0.05) is 12.2 Å². The standard InChI is InChI=1S/C18H19Cl2NO3/c1-3-21-14-6-4-5-12(7-14)10-24-17-15(19)8-13(9-16(17)20)11(2)18(22)23/h4-9,11,21H,3,10H2,1-2H3,(H,22,23). The van der Waals surface area contributed by atoms with Crippen molar-refractivity contribution in [2.45, 2.75) is 26.4 Å². The van der Waals surface area contributed by atoms with Crippen LogP contribution in [0.2, 0.25) is 10.0 Å². The van der Waals surface area contributed by atoms with Crippen LogP contribution in [0.15, 0.2) is 36.4 Å². The van der Waals surface area contributed by atoms with Gasteiger partial charge in [-0.3, -0.25) is 4.79 Å². The van der Waals surface area contributed by atoms with Crippen LogP contribution in [0.25, 0.3) is 0 Å². The fourth-order valence-electron chi connectivity index (χ4n) is 2.24. The number of aliphatic carboxylic acids is 1. The first-order chi connectivity index (χ1) is 11.4. The number of carboxylic acid groups (broad SMARTS) is 1. The monoisotopic (exact) mass is 367 g/mol. The Morgan fingerprint density at radius 2 is 1.92 bits per heavy atom. The summed E-state index contributed by atoms with van der Waals surface area (Å²) in [6, 6.07) is 11.0. The highest BCUT2D eigenvalue weighted by atomic mass is 35.5. The van der Waals surface area contributed by atoms with Crippen LogP contribution < -0.4 is 10.1 Å². The van der Waals surface area contributed by atoms with Crippen molar-refractivity contribution in [1.82, 2.24) is 0 Å². The quantitative estimate of drug-likeness (QED) is 0.706. The van der Waals surface area contributed by atoms with Crippen LogP contribution in [-0.2, 0) is 11.4 Å². The number of anilines is 1. The molecule has 2 aromatic rings. The molecule has 0 bridgehead atoms. The van der Waals surface area contributed by atoms with Crippen molar-refractivity contribution in [1.29, 1.82) is 0 Å². The van der Waals surface area contributed by atoms with E-state index < -0.39 is 11.9 Å². The molecular formula is C18H19Cl2NO3. The molecule has 1 unspecified atom stereocenters. The number of carbonyl (C=O) groups is 1. The van der Waals surface area contributed by atoms with Crippen LogP contribution >= 0.6 is 23.2 Å². The van der Waals surface area contributed by atoms with Gasteiger partial charge < -0.3 is 15.2 Å². The van der Waals surface area contributed by atoms with Crippen LogP contribution in [0, 0.1) is 0 Å². The minimum Gasteiger partial charge on any atom is -0.486 e. The summed E-state index contributed by atoms with van der Waals surface area (Å²) in [4.78, 5) is 11.1. The molecule has 4 nitrogen and oxygen atoms in total. The summed E-state index contributed by atoms with van der Waals surface area (Å²) in [5, 5.41) is 12.9. The largest absolute Gasteiger partial charge is 0.486 e. The Kier molecular flexibility index (Phi) is 6.35. The van der Waals surface area contributed by atoms with Gasteiger partial charge in [-0.1, -0.05) is 35.3 Å². The summed E-state index contributed by atoms with van der Waals surface area (Å²) >= 11 is 12.4. The Balaban J connectivity index is 2.15. The van der Waals surface area contributed by atoms with E-state index in [0.717, 1.165) is 17.8 Å². The van der Waals surface area contributed by atoms with Gasteiger partial charge in [-0.25, -0.2) is 0 Å². The molecule has 2 rings (SSSR count). The van der Waals surface area contributed by atoms with Crippen LogP contribution in [-0.4, -0.2) is 17.6 Å². The minimum atomic E-state index is -0.934. The molecule has 0 aliphatic carbocycles. The van der Waals surface area contributed by atoms with Gasteiger partial charge in [-0.2, -0.15) is 0 Å². The molecule has 0 saturated carbocycles. The number of hydrogen-bond donors (Lipinski definition) is 2. The van der Waals surface area contributed by atoms with Crippen molar-refractivity contribution in [3.8, 4) is 5.75 Å². The highest BCUT2D eigenvalue weighted by Gasteiger charge is 2.18. The molecule has 0 aliphatic rings. The molecule has 6 heteroatoms. The Morgan fingerprint density at radius 3 is 2.50 bits per heavy atom. The number of halogens is 2. The van der Waals surface area contributed by atoms with Gasteiger partial charge >= 0.3 is 5.97 Å². The lowest BCUT2D eigenvalue weighted by atomic mass is 10.0. The molecule has 0 heterocycles. The van der Waals surface area contributed by atoms with Gasteiger partial charge in [0.05, 0.1) is 16.0 Å². The number of nitrogens with one attached hydrogen (secondary N) is 1. The third-order valence-electron chi connectivity index (χ3n) is 3.58. The predicted molar refractivity (Wildman–Crippen MR) is 97.5 cm³/mol. The molecule has 0 radical (unpaired) electrons. The Bertz CT molecular complexity index is 711. The van der Waals surface area contributed by atoms with Gasteiger partial charge in [-0.15, -0.1) is 0 Å². The summed E-state index contributed by atoms with van der Waals surface area (Å²) in [5.41, 5.74) is 2.53. The lowest BCUT2D eigenvalue weighted by Gasteiger charge is -2.14. The zero-order chi connectivity index (χ0) is 17.7. The second-order valence-corrected chi connectivity index (χ2v) is 6.21. The average Bonchev–Trinajstić information content (AvgIpc) is 2.53. The van der Waals surface area contributed by atoms with Crippen LogP contribution in [0.5, 0.6) is 5.75 Å². The zero-order valence-corrected chi connectivity index (χ0v) is 15.0. The summed E-state index contributed by atoms with van der Waals surface area (Å²) in [5.74, 6) is -1.27. The molecule has 1 atom stereocenters. The van der Waals surface area contributed by atoms with E-state index in [2.05, 4.69) is 5.32 Å². The first-order valence-electron chi connectivity index (χ1n) is 7.59. The maximum atomic E-state index is 11.1. The van der Waals surface area contributed by atoms with E-state index in [1.807, 2.05) is 31.2 Å². The molecule has 0 amide bonds. The van der Waals surface area contributed by atoms with Gasteiger partial charge in [0.1, 0.15) is 6.61 Å². The summed E-state index contributed by atoms with van der Waals surface area (Å²) in [6.45, 7) is 4.76. The summed E-state index contributed by atoms with van der Waals surface area (Å²) < 4.78 is 5.74. The fourth-order valence-corrected chi connectivity index (χ4v) is 2.85. The number of ether oxygens (including phenoxy) is 1. The first kappa shape index (κ1) is 18.4. The number of hydrogen-bond acceptors (Lipinski definition) is 3. The Labute approximate surface area is 151 Å². The minimum absolute atomic E-state index is 0.299. The summed E-state index contributed by atoms with van der Waals surface area (Å²) in [6.07, 6.45) is 0. The first-order valence-corrected chi connectivity index (χ1v) is 8.35. The van der Waals surface area contributed by atoms with Crippen LogP contribution in [0.1, 0.15) is 30.9 Å². The summed E-state index contributed by atoms with van der Waals surface area (Å²) in [7, 11) is 0. The molecule has 0 spiro atoms. The van der Waals surface area contributed by atoms with E-state index in [0.29, 0.717) is 28.0 Å². The SMILES string of the molecule is CCNc1cccc(COc2c(Cl)cc(C(C)C(=O)O)cc2Cl)c1. The Hall–Kier alpha value is -1.91. The molecule has 128 valence electrons. The zero-order valence-electron chi connectivity index (χ0n) is 13.5. The lowest BCUT2D eigenvalue weighted by Crippen LogP contribution is -2.07. The van der Waals surface area contributed by atoms with E-state index in [1.165, 1.54) is 0 Å². The van der Waals surface area contributed by atoms with Crippen LogP contribution in [0.3, 0.4) is 0 Å². The van der Waals surface area contributed by atoms with Crippen molar-refractivity contribution in [3.63, 3.8) is 0 Å². The van der Waals surface area contributed by atoms with Gasteiger partial charge in [0.25, 0.3) is 0 Å². The topological polar surface area (TPSA) is 58.6 Å². The van der Waals surface area contributed by atoms with E-state index in [4.69, 9.17) is 33.0 Å². The van der Waals surface area contributed by atoms with E-state index in [-0.39, 0.29) is 0 Å². The highest BCUT2D eigenvalue weighted by molar-refractivity contribution is 6.37. The third kappa shape index (κ3) is 4.56. The van der Waals surface area contributed by atoms with Crippen molar-refractivity contribution in [2.75, 3.05) is 11.9 Å². The van der Waals surface area contributed by atoms with Crippen molar-refractivity contribution in [2.24, 2.45) is 0 Å².